The third kappa shape index (κ3) is 4.51. The van der Waals surface area contributed by atoms with Gasteiger partial charge in [-0.3, -0.25) is 14.4 Å². The first-order chi connectivity index (χ1) is 19.4. The fourth-order valence-corrected chi connectivity index (χ4v) is 10.0. The van der Waals surface area contributed by atoms with Gasteiger partial charge in [0.15, 0.2) is 0 Å². The summed E-state index contributed by atoms with van der Waals surface area (Å²) in [5.74, 6) is -1.24. The van der Waals surface area contributed by atoms with Gasteiger partial charge >= 0.3 is 0 Å². The third-order valence-electron chi connectivity index (χ3n) is 9.71. The van der Waals surface area contributed by atoms with Gasteiger partial charge in [0.2, 0.25) is 17.7 Å². The van der Waals surface area contributed by atoms with Crippen LogP contribution in [0.4, 0.5) is 0 Å². The molecule has 40 heavy (non-hydrogen) atoms. The Kier molecular flexibility index (Phi) is 7.59. The number of aliphatic hydroxyl groups excluding tert-OH is 1. The van der Waals surface area contributed by atoms with Gasteiger partial charge in [-0.05, 0) is 38.2 Å². The molecule has 3 fully saturated rings. The van der Waals surface area contributed by atoms with E-state index in [-0.39, 0.29) is 30.4 Å². The predicted molar refractivity (Wildman–Crippen MR) is 156 cm³/mol. The first kappa shape index (κ1) is 27.6. The van der Waals surface area contributed by atoms with Crippen LogP contribution in [0.2, 0.25) is 0 Å². The van der Waals surface area contributed by atoms with Crippen LogP contribution in [0.1, 0.15) is 57.4 Å². The summed E-state index contributed by atoms with van der Waals surface area (Å²) in [6, 6.07) is 9.54. The third-order valence-corrected chi connectivity index (χ3v) is 11.5. The van der Waals surface area contributed by atoms with Crippen molar-refractivity contribution in [2.45, 2.75) is 80.0 Å². The molecule has 1 spiro atoms. The summed E-state index contributed by atoms with van der Waals surface area (Å²) in [5.41, 5.74) is 1.06. The van der Waals surface area contributed by atoms with Crippen molar-refractivity contribution >= 4 is 29.5 Å². The number of fused-ring (bicyclic) bond motifs is 2. The van der Waals surface area contributed by atoms with Crippen LogP contribution in [0, 0.1) is 11.8 Å². The maximum atomic E-state index is 14.5. The van der Waals surface area contributed by atoms with E-state index in [4.69, 9.17) is 0 Å². The molecular formula is C32H41N3O4S. The highest BCUT2D eigenvalue weighted by atomic mass is 32.2. The van der Waals surface area contributed by atoms with Gasteiger partial charge in [0, 0.05) is 43.6 Å². The van der Waals surface area contributed by atoms with Gasteiger partial charge in [-0.2, -0.15) is 0 Å². The lowest BCUT2D eigenvalue weighted by molar-refractivity contribution is -0.145. The highest BCUT2D eigenvalue weighted by Crippen LogP contribution is 2.65. The fraction of sp³-hybridized carbons (Fsp3) is 0.594. The van der Waals surface area contributed by atoms with Crippen molar-refractivity contribution in [1.82, 2.24) is 14.7 Å². The van der Waals surface area contributed by atoms with Crippen LogP contribution in [0.15, 0.2) is 54.6 Å². The molecule has 1 aromatic rings. The molecule has 214 valence electrons. The average molecular weight is 564 g/mol. The normalized spacial score (nSPS) is 34.1. The van der Waals surface area contributed by atoms with Gasteiger partial charge in [-0.25, -0.2) is 0 Å². The number of hydrogen-bond acceptors (Lipinski definition) is 5. The minimum Gasteiger partial charge on any atom is -0.396 e. The molecular weight excluding hydrogens is 522 g/mol. The van der Waals surface area contributed by atoms with Gasteiger partial charge in [0.1, 0.15) is 6.04 Å². The Morgan fingerprint density at radius 1 is 0.900 bits per heavy atom. The first-order valence-corrected chi connectivity index (χ1v) is 15.8. The Balaban J connectivity index is 1.39. The number of likely N-dealkylation sites (tertiary alicyclic amines) is 1. The number of carbonyl (C=O) groups excluding carboxylic acids is 3. The van der Waals surface area contributed by atoms with Crippen molar-refractivity contribution in [1.29, 1.82) is 0 Å². The number of thioether (sulfide) groups is 1. The second kappa shape index (κ2) is 11.0. The SMILES string of the molecule is C[C@@]12C=CCN(Cc3ccccc3)C(=O)[C@@H]1[C@H]1C(=O)N(CCCCO)C3C(=O)N(C4CCCCC4)CC=C[C@@]31S2. The number of nitrogens with zero attached hydrogens (tertiary/aromatic N) is 3. The molecule has 5 atom stereocenters. The average Bonchev–Trinajstić information content (AvgIpc) is 3.22. The van der Waals surface area contributed by atoms with Crippen LogP contribution in [-0.4, -0.2) is 85.3 Å². The van der Waals surface area contributed by atoms with Gasteiger partial charge in [-0.15, -0.1) is 11.8 Å². The lowest BCUT2D eigenvalue weighted by Gasteiger charge is -2.40. The Morgan fingerprint density at radius 3 is 2.40 bits per heavy atom. The van der Waals surface area contributed by atoms with E-state index >= 15 is 0 Å². The van der Waals surface area contributed by atoms with E-state index in [9.17, 15) is 19.5 Å². The Hall–Kier alpha value is -2.58. The van der Waals surface area contributed by atoms with E-state index in [2.05, 4.69) is 31.2 Å². The van der Waals surface area contributed by atoms with Crippen molar-refractivity contribution in [3.05, 3.63) is 60.2 Å². The highest BCUT2D eigenvalue weighted by molar-refractivity contribution is 8.02. The Bertz CT molecular complexity index is 1200. The maximum absolute atomic E-state index is 14.5. The molecule has 0 bridgehead atoms. The zero-order valence-corrected chi connectivity index (χ0v) is 24.2. The number of amides is 3. The molecule has 4 heterocycles. The van der Waals surface area contributed by atoms with Crippen LogP contribution in [0.25, 0.3) is 0 Å². The Labute approximate surface area is 241 Å². The minimum absolute atomic E-state index is 0.00994. The van der Waals surface area contributed by atoms with Crippen LogP contribution in [0.5, 0.6) is 0 Å². The number of carbonyl (C=O) groups is 3. The molecule has 1 saturated carbocycles. The van der Waals surface area contributed by atoms with Crippen molar-refractivity contribution < 1.29 is 19.5 Å². The number of benzene rings is 1. The molecule has 3 amide bonds. The van der Waals surface area contributed by atoms with Crippen LogP contribution in [-0.2, 0) is 20.9 Å². The number of aliphatic hydroxyl groups is 1. The zero-order valence-electron chi connectivity index (χ0n) is 23.4. The first-order valence-electron chi connectivity index (χ1n) is 15.0. The summed E-state index contributed by atoms with van der Waals surface area (Å²) in [6.45, 7) is 4.10. The standard InChI is InChI=1S/C32H41N3O4S/c1-31-16-10-18-33(22-23-12-4-2-5-13-23)28(37)25(31)26-29(38)35(19-8-9-21-36)27-30(39)34(24-14-6-3-7-15-24)20-11-17-32(26,27)40-31/h2,4-5,10-13,16-17,24-27,36H,3,6-9,14-15,18-22H2,1H3/t25-,26-,27?,31+,32-/m0/s1. The summed E-state index contributed by atoms with van der Waals surface area (Å²) in [4.78, 5) is 49.1. The van der Waals surface area contributed by atoms with E-state index in [0.29, 0.717) is 39.0 Å². The molecule has 4 aliphatic heterocycles. The topological polar surface area (TPSA) is 81.2 Å². The molecule has 5 aliphatic rings. The van der Waals surface area contributed by atoms with Crippen LogP contribution in [0.3, 0.4) is 0 Å². The van der Waals surface area contributed by atoms with Crippen molar-refractivity contribution in [3.8, 4) is 0 Å². The quantitative estimate of drug-likeness (QED) is 0.404. The van der Waals surface area contributed by atoms with Crippen molar-refractivity contribution in [2.75, 3.05) is 26.2 Å². The second-order valence-electron chi connectivity index (χ2n) is 12.3. The van der Waals surface area contributed by atoms with E-state index in [1.165, 1.54) is 6.42 Å². The van der Waals surface area contributed by atoms with Crippen molar-refractivity contribution in [2.24, 2.45) is 11.8 Å². The molecule has 2 saturated heterocycles. The van der Waals surface area contributed by atoms with E-state index in [1.807, 2.05) is 40.1 Å². The van der Waals surface area contributed by atoms with E-state index in [1.54, 1.807) is 16.7 Å². The molecule has 6 rings (SSSR count). The second-order valence-corrected chi connectivity index (χ2v) is 14.0. The Morgan fingerprint density at radius 2 is 1.65 bits per heavy atom. The monoisotopic (exact) mass is 563 g/mol. The molecule has 1 aromatic carbocycles. The van der Waals surface area contributed by atoms with Crippen molar-refractivity contribution in [3.63, 3.8) is 0 Å². The van der Waals surface area contributed by atoms with Gasteiger partial charge in [-0.1, -0.05) is 73.9 Å². The van der Waals surface area contributed by atoms with E-state index in [0.717, 1.165) is 31.2 Å². The van der Waals surface area contributed by atoms with Gasteiger partial charge in [0.05, 0.1) is 16.6 Å². The van der Waals surface area contributed by atoms with Crippen LogP contribution < -0.4 is 0 Å². The molecule has 1 unspecified atom stereocenters. The number of unbranched alkanes of at least 4 members (excludes halogenated alkanes) is 1. The van der Waals surface area contributed by atoms with Gasteiger partial charge < -0.3 is 19.8 Å². The predicted octanol–water partition coefficient (Wildman–Crippen LogP) is 3.78. The highest BCUT2D eigenvalue weighted by Gasteiger charge is 2.73. The number of rotatable bonds is 7. The lowest BCUT2D eigenvalue weighted by Crippen LogP contribution is -2.55. The lowest BCUT2D eigenvalue weighted by atomic mass is 9.74. The molecule has 0 radical (unpaired) electrons. The summed E-state index contributed by atoms with van der Waals surface area (Å²) < 4.78 is -1.39. The molecule has 8 heteroatoms. The zero-order chi connectivity index (χ0) is 27.9. The van der Waals surface area contributed by atoms with Gasteiger partial charge in [0.25, 0.3) is 0 Å². The number of hydrogen-bond donors (Lipinski definition) is 1. The molecule has 1 N–H and O–H groups in total. The summed E-state index contributed by atoms with van der Waals surface area (Å²) in [6.07, 6.45) is 15.1. The smallest absolute Gasteiger partial charge is 0.247 e. The molecule has 7 nitrogen and oxygen atoms in total. The summed E-state index contributed by atoms with van der Waals surface area (Å²) in [7, 11) is 0. The maximum Gasteiger partial charge on any atom is 0.247 e. The van der Waals surface area contributed by atoms with E-state index < -0.39 is 27.4 Å². The van der Waals surface area contributed by atoms with Crippen LogP contribution >= 0.6 is 11.8 Å². The minimum atomic E-state index is -0.800. The largest absolute Gasteiger partial charge is 0.396 e. The molecule has 0 aromatic heterocycles. The summed E-state index contributed by atoms with van der Waals surface area (Å²) in [5, 5.41) is 9.46. The summed E-state index contributed by atoms with van der Waals surface area (Å²) >= 11 is 1.66. The molecule has 1 aliphatic carbocycles. The fourth-order valence-electron chi connectivity index (χ4n) is 7.89.